The summed E-state index contributed by atoms with van der Waals surface area (Å²) < 4.78 is 35.4. The van der Waals surface area contributed by atoms with E-state index in [1.165, 1.54) is 12.1 Å². The summed E-state index contributed by atoms with van der Waals surface area (Å²) >= 11 is 0. The lowest BCUT2D eigenvalue weighted by atomic mass is 10.2. The van der Waals surface area contributed by atoms with Gasteiger partial charge in [0.25, 0.3) is 0 Å². The van der Waals surface area contributed by atoms with Crippen LogP contribution in [0.4, 0.5) is 27.5 Å². The van der Waals surface area contributed by atoms with E-state index in [4.69, 9.17) is 18.9 Å². The fourth-order valence-electron chi connectivity index (χ4n) is 2.69. The number of rotatable bonds is 6. The number of aromatic nitrogens is 2. The molecule has 3 aromatic rings. The number of nitrogens with one attached hydrogen (secondary N) is 2. The second kappa shape index (κ2) is 7.47. The summed E-state index contributed by atoms with van der Waals surface area (Å²) in [5.41, 5.74) is 0.833. The van der Waals surface area contributed by atoms with Crippen molar-refractivity contribution in [2.75, 3.05) is 31.6 Å². The van der Waals surface area contributed by atoms with E-state index in [1.54, 1.807) is 44.7 Å². The molecule has 2 aromatic carbocycles. The topological polar surface area (TPSA) is 86.8 Å². The molecule has 0 saturated heterocycles. The largest absolute Gasteiger partial charge is 0.497 e. The van der Waals surface area contributed by atoms with Crippen LogP contribution in [0.25, 0.3) is 0 Å². The van der Waals surface area contributed by atoms with Gasteiger partial charge in [-0.15, -0.1) is 0 Å². The SMILES string of the molecule is COc1cc(Nc2nccc(Nc3c(F)ccc4c3OCO4)n2)cc(OC)c1. The fourth-order valence-corrected chi connectivity index (χ4v) is 2.69. The molecule has 8 nitrogen and oxygen atoms in total. The van der Waals surface area contributed by atoms with Gasteiger partial charge in [-0.2, -0.15) is 4.98 Å². The maximum atomic E-state index is 14.3. The molecule has 0 atom stereocenters. The summed E-state index contributed by atoms with van der Waals surface area (Å²) in [6.45, 7) is 0.0434. The van der Waals surface area contributed by atoms with Gasteiger partial charge in [0.05, 0.1) is 14.2 Å². The molecule has 0 unspecified atom stereocenters. The molecule has 2 N–H and O–H groups in total. The van der Waals surface area contributed by atoms with Crippen molar-refractivity contribution in [1.82, 2.24) is 9.97 Å². The molecule has 0 spiro atoms. The van der Waals surface area contributed by atoms with Gasteiger partial charge in [0.1, 0.15) is 23.0 Å². The molecule has 1 aromatic heterocycles. The van der Waals surface area contributed by atoms with E-state index in [9.17, 15) is 4.39 Å². The first kappa shape index (κ1) is 17.7. The van der Waals surface area contributed by atoms with Crippen LogP contribution in [0.5, 0.6) is 23.0 Å². The summed E-state index contributed by atoms with van der Waals surface area (Å²) in [6.07, 6.45) is 1.55. The lowest BCUT2D eigenvalue weighted by molar-refractivity contribution is 0.174. The molecule has 1 aliphatic rings. The van der Waals surface area contributed by atoms with E-state index in [-0.39, 0.29) is 12.5 Å². The van der Waals surface area contributed by atoms with Crippen LogP contribution in [-0.4, -0.2) is 31.0 Å². The first-order valence-electron chi connectivity index (χ1n) is 8.34. The molecule has 0 fully saturated rings. The molecule has 4 rings (SSSR count). The van der Waals surface area contributed by atoms with Crippen molar-refractivity contribution in [1.29, 1.82) is 0 Å². The molecule has 0 saturated carbocycles. The van der Waals surface area contributed by atoms with Crippen molar-refractivity contribution < 1.29 is 23.3 Å². The third kappa shape index (κ3) is 3.54. The van der Waals surface area contributed by atoms with Crippen LogP contribution in [0.3, 0.4) is 0 Å². The average Bonchev–Trinajstić information content (AvgIpc) is 3.19. The van der Waals surface area contributed by atoms with Crippen LogP contribution in [0.15, 0.2) is 42.6 Å². The number of hydrogen-bond donors (Lipinski definition) is 2. The third-order valence-corrected chi connectivity index (χ3v) is 4.00. The van der Waals surface area contributed by atoms with E-state index in [1.807, 2.05) is 0 Å². The Morgan fingerprint density at radius 2 is 1.79 bits per heavy atom. The number of halogens is 1. The van der Waals surface area contributed by atoms with Gasteiger partial charge in [0.15, 0.2) is 17.3 Å². The Labute approximate surface area is 160 Å². The van der Waals surface area contributed by atoms with Crippen LogP contribution in [0.1, 0.15) is 0 Å². The smallest absolute Gasteiger partial charge is 0.231 e. The molecule has 0 aliphatic carbocycles. The van der Waals surface area contributed by atoms with Crippen LogP contribution in [0, 0.1) is 5.82 Å². The molecule has 144 valence electrons. The Morgan fingerprint density at radius 3 is 2.54 bits per heavy atom. The summed E-state index contributed by atoms with van der Waals surface area (Å²) in [6, 6.07) is 9.75. The zero-order valence-corrected chi connectivity index (χ0v) is 15.2. The van der Waals surface area contributed by atoms with E-state index in [2.05, 4.69) is 20.6 Å². The van der Waals surface area contributed by atoms with Crippen molar-refractivity contribution in [3.05, 3.63) is 48.4 Å². The molecule has 1 aliphatic heterocycles. The van der Waals surface area contributed by atoms with E-state index in [0.717, 1.165) is 0 Å². The number of benzene rings is 2. The van der Waals surface area contributed by atoms with Crippen LogP contribution >= 0.6 is 0 Å². The van der Waals surface area contributed by atoms with E-state index < -0.39 is 5.82 Å². The Bertz CT molecular complexity index is 993. The highest BCUT2D eigenvalue weighted by Crippen LogP contribution is 2.41. The Morgan fingerprint density at radius 1 is 1.00 bits per heavy atom. The van der Waals surface area contributed by atoms with Crippen LogP contribution in [-0.2, 0) is 0 Å². The molecule has 0 radical (unpaired) electrons. The van der Waals surface area contributed by atoms with Gasteiger partial charge >= 0.3 is 0 Å². The Balaban J connectivity index is 1.59. The van der Waals surface area contributed by atoms with Crippen LogP contribution < -0.4 is 29.6 Å². The lowest BCUT2D eigenvalue weighted by Gasteiger charge is -2.12. The maximum Gasteiger partial charge on any atom is 0.231 e. The average molecular weight is 384 g/mol. The zero-order chi connectivity index (χ0) is 19.5. The molecular weight excluding hydrogens is 367 g/mol. The Kier molecular flexibility index (Phi) is 4.71. The van der Waals surface area contributed by atoms with E-state index >= 15 is 0 Å². The second-order valence-corrected chi connectivity index (χ2v) is 5.77. The summed E-state index contributed by atoms with van der Waals surface area (Å²) in [7, 11) is 3.14. The van der Waals surface area contributed by atoms with Gasteiger partial charge < -0.3 is 29.6 Å². The van der Waals surface area contributed by atoms with Gasteiger partial charge in [-0.05, 0) is 18.2 Å². The number of hydrogen-bond acceptors (Lipinski definition) is 8. The highest BCUT2D eigenvalue weighted by molar-refractivity contribution is 5.70. The summed E-state index contributed by atoms with van der Waals surface area (Å²) in [4.78, 5) is 8.55. The Hall–Kier alpha value is -3.75. The molecular formula is C19H17FN4O4. The van der Waals surface area contributed by atoms with E-state index in [0.29, 0.717) is 40.5 Å². The zero-order valence-electron chi connectivity index (χ0n) is 15.2. The van der Waals surface area contributed by atoms with Gasteiger partial charge in [-0.25, -0.2) is 9.37 Å². The van der Waals surface area contributed by atoms with Crippen molar-refractivity contribution in [2.45, 2.75) is 0 Å². The van der Waals surface area contributed by atoms with Gasteiger partial charge in [0.2, 0.25) is 12.7 Å². The summed E-state index contributed by atoms with van der Waals surface area (Å²) in [5, 5.41) is 6.00. The van der Waals surface area contributed by atoms with Gasteiger partial charge in [-0.3, -0.25) is 0 Å². The number of ether oxygens (including phenoxy) is 4. The molecule has 28 heavy (non-hydrogen) atoms. The summed E-state index contributed by atoms with van der Waals surface area (Å²) in [5.74, 6) is 2.24. The number of nitrogens with zero attached hydrogens (tertiary/aromatic N) is 2. The molecule has 2 heterocycles. The lowest BCUT2D eigenvalue weighted by Crippen LogP contribution is -2.02. The molecule has 0 amide bonds. The second-order valence-electron chi connectivity index (χ2n) is 5.77. The number of fused-ring (bicyclic) bond motifs is 1. The highest BCUT2D eigenvalue weighted by atomic mass is 19.1. The van der Waals surface area contributed by atoms with Crippen molar-refractivity contribution in [2.24, 2.45) is 0 Å². The van der Waals surface area contributed by atoms with Gasteiger partial charge in [-0.1, -0.05) is 0 Å². The first-order chi connectivity index (χ1) is 13.7. The fraction of sp³-hybridized carbons (Fsp3) is 0.158. The minimum atomic E-state index is -0.477. The molecule has 9 heteroatoms. The third-order valence-electron chi connectivity index (χ3n) is 4.00. The van der Waals surface area contributed by atoms with Crippen molar-refractivity contribution in [3.8, 4) is 23.0 Å². The quantitative estimate of drug-likeness (QED) is 0.663. The molecule has 0 bridgehead atoms. The van der Waals surface area contributed by atoms with Gasteiger partial charge in [0, 0.05) is 30.1 Å². The predicted octanol–water partition coefficient (Wildman–Crippen LogP) is 3.85. The highest BCUT2D eigenvalue weighted by Gasteiger charge is 2.21. The maximum absolute atomic E-state index is 14.3. The first-order valence-corrected chi connectivity index (χ1v) is 8.34. The minimum absolute atomic E-state index is 0.0434. The van der Waals surface area contributed by atoms with Crippen LogP contribution in [0.2, 0.25) is 0 Å². The van der Waals surface area contributed by atoms with Crippen molar-refractivity contribution in [3.63, 3.8) is 0 Å². The minimum Gasteiger partial charge on any atom is -0.497 e. The number of methoxy groups -OCH3 is 2. The predicted molar refractivity (Wildman–Crippen MR) is 101 cm³/mol. The normalized spacial score (nSPS) is 11.8. The standard InChI is InChI=1S/C19H17FN4O4/c1-25-12-7-11(8-13(9-12)26-2)22-19-21-6-5-16(24-19)23-17-14(20)3-4-15-18(17)28-10-27-15/h3-9H,10H2,1-2H3,(H2,21,22,23,24). The number of anilines is 4. The van der Waals surface area contributed by atoms with Crippen molar-refractivity contribution >= 4 is 23.1 Å². The monoisotopic (exact) mass is 384 g/mol.